The highest BCUT2D eigenvalue weighted by Gasteiger charge is 2.44. The second-order valence-corrected chi connectivity index (χ2v) is 6.57. The minimum Gasteiger partial charge on any atom is -0.496 e. The standard InChI is InChI=1S/C19H19F3N2O4/c1-28-14-5-3-2-4-11(14)18(27)24-16-12(8-13(25)17(16)26)10-6-7-15(23-9-10)19(20,21)22/h2-7,9,12-13,16-17,25-26H,8H2,1H3,(H,24,27)/t12-,13-,16-,17-/m1/s1. The van der Waals surface area contributed by atoms with Crippen LogP contribution in [0.2, 0.25) is 0 Å². The molecule has 4 atom stereocenters. The molecule has 1 heterocycles. The molecule has 1 aromatic heterocycles. The van der Waals surface area contributed by atoms with E-state index < -0.39 is 41.9 Å². The lowest BCUT2D eigenvalue weighted by molar-refractivity contribution is -0.141. The fourth-order valence-corrected chi connectivity index (χ4v) is 3.41. The highest BCUT2D eigenvalue weighted by Crippen LogP contribution is 2.36. The lowest BCUT2D eigenvalue weighted by atomic mass is 9.94. The van der Waals surface area contributed by atoms with Gasteiger partial charge in [0.25, 0.3) is 5.91 Å². The van der Waals surface area contributed by atoms with Crippen LogP contribution in [0.4, 0.5) is 13.2 Å². The summed E-state index contributed by atoms with van der Waals surface area (Å²) < 4.78 is 43.3. The van der Waals surface area contributed by atoms with Crippen molar-refractivity contribution in [2.75, 3.05) is 7.11 Å². The fourth-order valence-electron chi connectivity index (χ4n) is 3.41. The quantitative estimate of drug-likeness (QED) is 0.737. The molecule has 1 fully saturated rings. The van der Waals surface area contributed by atoms with Crippen LogP contribution in [0.3, 0.4) is 0 Å². The molecule has 1 amide bonds. The van der Waals surface area contributed by atoms with Crippen molar-refractivity contribution in [3.05, 3.63) is 59.4 Å². The van der Waals surface area contributed by atoms with Crippen LogP contribution in [0.15, 0.2) is 42.6 Å². The summed E-state index contributed by atoms with van der Waals surface area (Å²) in [6, 6.07) is 7.67. The lowest BCUT2D eigenvalue weighted by Gasteiger charge is -2.24. The number of hydrogen-bond acceptors (Lipinski definition) is 5. The zero-order valence-electron chi connectivity index (χ0n) is 14.8. The van der Waals surface area contributed by atoms with E-state index >= 15 is 0 Å². The Morgan fingerprint density at radius 3 is 2.54 bits per heavy atom. The molecular formula is C19H19F3N2O4. The number of carbonyl (C=O) groups is 1. The first kappa shape index (κ1) is 20.1. The summed E-state index contributed by atoms with van der Waals surface area (Å²) in [6.07, 6.45) is -5.84. The van der Waals surface area contributed by atoms with Gasteiger partial charge in [0.15, 0.2) is 0 Å². The Balaban J connectivity index is 1.84. The summed E-state index contributed by atoms with van der Waals surface area (Å²) in [5, 5.41) is 23.0. The van der Waals surface area contributed by atoms with Gasteiger partial charge < -0.3 is 20.3 Å². The van der Waals surface area contributed by atoms with Crippen molar-refractivity contribution in [1.82, 2.24) is 10.3 Å². The van der Waals surface area contributed by atoms with E-state index in [1.165, 1.54) is 13.2 Å². The molecule has 2 aromatic rings. The first-order chi connectivity index (χ1) is 13.2. The third-order valence-electron chi connectivity index (χ3n) is 4.85. The maximum Gasteiger partial charge on any atom is 0.433 e. The maximum atomic E-state index is 12.7. The molecule has 0 spiro atoms. The predicted molar refractivity (Wildman–Crippen MR) is 92.9 cm³/mol. The number of pyridine rings is 1. The number of para-hydroxylation sites is 1. The Morgan fingerprint density at radius 2 is 1.93 bits per heavy atom. The number of halogens is 3. The number of carbonyl (C=O) groups excluding carboxylic acids is 1. The normalized spacial score (nSPS) is 24.8. The molecular weight excluding hydrogens is 377 g/mol. The van der Waals surface area contributed by atoms with Crippen LogP contribution in [0.1, 0.15) is 34.0 Å². The van der Waals surface area contributed by atoms with E-state index in [0.717, 1.165) is 12.3 Å². The molecule has 3 rings (SSSR count). The minimum absolute atomic E-state index is 0.0745. The van der Waals surface area contributed by atoms with E-state index in [9.17, 15) is 28.2 Å². The SMILES string of the molecule is COc1ccccc1C(=O)N[C@H]1[C@H](O)[C@H](O)C[C@@H]1c1ccc(C(F)(F)F)nc1. The number of rotatable bonds is 4. The van der Waals surface area contributed by atoms with Crippen molar-refractivity contribution in [1.29, 1.82) is 0 Å². The van der Waals surface area contributed by atoms with Crippen LogP contribution >= 0.6 is 0 Å². The molecule has 1 aliphatic carbocycles. The summed E-state index contributed by atoms with van der Waals surface area (Å²) in [5.41, 5.74) is -0.415. The first-order valence-electron chi connectivity index (χ1n) is 8.55. The van der Waals surface area contributed by atoms with Gasteiger partial charge in [-0.2, -0.15) is 13.2 Å². The average Bonchev–Trinajstić information content (AvgIpc) is 2.95. The zero-order valence-corrected chi connectivity index (χ0v) is 14.8. The van der Waals surface area contributed by atoms with Crippen LogP contribution in [-0.4, -0.2) is 46.5 Å². The number of nitrogens with zero attached hydrogens (tertiary/aromatic N) is 1. The van der Waals surface area contributed by atoms with Gasteiger partial charge in [-0.05, 0) is 30.2 Å². The summed E-state index contributed by atoms with van der Waals surface area (Å²) in [6.45, 7) is 0. The Hall–Kier alpha value is -2.65. The molecule has 28 heavy (non-hydrogen) atoms. The highest BCUT2D eigenvalue weighted by atomic mass is 19.4. The van der Waals surface area contributed by atoms with E-state index in [1.807, 2.05) is 0 Å². The summed E-state index contributed by atoms with van der Waals surface area (Å²) in [5.74, 6) is -0.792. The van der Waals surface area contributed by atoms with Gasteiger partial charge in [0.05, 0.1) is 24.8 Å². The van der Waals surface area contributed by atoms with E-state index in [2.05, 4.69) is 10.3 Å². The van der Waals surface area contributed by atoms with E-state index in [-0.39, 0.29) is 12.0 Å². The molecule has 150 valence electrons. The summed E-state index contributed by atoms with van der Waals surface area (Å²) in [4.78, 5) is 16.1. The topological polar surface area (TPSA) is 91.7 Å². The number of amides is 1. The van der Waals surface area contributed by atoms with Gasteiger partial charge >= 0.3 is 6.18 Å². The second-order valence-electron chi connectivity index (χ2n) is 6.57. The van der Waals surface area contributed by atoms with Crippen molar-refractivity contribution in [2.45, 2.75) is 36.8 Å². The summed E-state index contributed by atoms with van der Waals surface area (Å²) >= 11 is 0. The molecule has 6 nitrogen and oxygen atoms in total. The molecule has 0 aliphatic heterocycles. The first-order valence-corrected chi connectivity index (χ1v) is 8.55. The summed E-state index contributed by atoms with van der Waals surface area (Å²) in [7, 11) is 1.41. The fraction of sp³-hybridized carbons (Fsp3) is 0.368. The largest absolute Gasteiger partial charge is 0.496 e. The van der Waals surface area contributed by atoms with Crippen molar-refractivity contribution in [3.8, 4) is 5.75 Å². The minimum atomic E-state index is -4.56. The van der Waals surface area contributed by atoms with Crippen LogP contribution in [0, 0.1) is 0 Å². The third-order valence-corrected chi connectivity index (χ3v) is 4.85. The number of hydrogen-bond donors (Lipinski definition) is 3. The monoisotopic (exact) mass is 396 g/mol. The van der Waals surface area contributed by atoms with Crippen LogP contribution < -0.4 is 10.1 Å². The Morgan fingerprint density at radius 1 is 1.21 bits per heavy atom. The molecule has 0 saturated heterocycles. The second kappa shape index (κ2) is 7.76. The molecule has 1 aliphatic rings. The van der Waals surface area contributed by atoms with Gasteiger partial charge in [-0.3, -0.25) is 9.78 Å². The Bertz CT molecular complexity index is 842. The zero-order chi connectivity index (χ0) is 20.5. The average molecular weight is 396 g/mol. The number of ether oxygens (including phenoxy) is 1. The van der Waals surface area contributed by atoms with E-state index in [0.29, 0.717) is 11.3 Å². The molecule has 0 unspecified atom stereocenters. The van der Waals surface area contributed by atoms with Gasteiger partial charge in [0.1, 0.15) is 17.5 Å². The number of benzene rings is 1. The number of nitrogens with one attached hydrogen (secondary N) is 1. The van der Waals surface area contributed by atoms with Gasteiger partial charge in [-0.1, -0.05) is 18.2 Å². The van der Waals surface area contributed by atoms with Crippen molar-refractivity contribution in [3.63, 3.8) is 0 Å². The number of alkyl halides is 3. The molecule has 9 heteroatoms. The molecule has 1 aromatic carbocycles. The molecule has 0 bridgehead atoms. The van der Waals surface area contributed by atoms with Crippen LogP contribution in [-0.2, 0) is 6.18 Å². The highest BCUT2D eigenvalue weighted by molar-refractivity contribution is 5.97. The predicted octanol–water partition coefficient (Wildman–Crippen LogP) is 2.12. The lowest BCUT2D eigenvalue weighted by Crippen LogP contribution is -2.45. The maximum absolute atomic E-state index is 12.7. The Kier molecular flexibility index (Phi) is 5.57. The number of aromatic nitrogens is 1. The molecule has 1 saturated carbocycles. The third kappa shape index (κ3) is 3.95. The number of methoxy groups -OCH3 is 1. The van der Waals surface area contributed by atoms with Crippen molar-refractivity contribution in [2.24, 2.45) is 0 Å². The Labute approximate surface area is 159 Å². The smallest absolute Gasteiger partial charge is 0.433 e. The van der Waals surface area contributed by atoms with Crippen molar-refractivity contribution < 1.29 is 32.9 Å². The number of aliphatic hydroxyl groups is 2. The van der Waals surface area contributed by atoms with Gasteiger partial charge in [-0.25, -0.2) is 0 Å². The van der Waals surface area contributed by atoms with E-state index in [4.69, 9.17) is 4.74 Å². The van der Waals surface area contributed by atoms with Gasteiger partial charge in [0.2, 0.25) is 0 Å². The number of aliphatic hydroxyl groups excluding tert-OH is 2. The van der Waals surface area contributed by atoms with Crippen LogP contribution in [0.25, 0.3) is 0 Å². The van der Waals surface area contributed by atoms with Gasteiger partial charge in [-0.15, -0.1) is 0 Å². The van der Waals surface area contributed by atoms with Gasteiger partial charge in [0, 0.05) is 12.1 Å². The van der Waals surface area contributed by atoms with E-state index in [1.54, 1.807) is 24.3 Å². The molecule has 3 N–H and O–H groups in total. The van der Waals surface area contributed by atoms with Crippen molar-refractivity contribution >= 4 is 5.91 Å². The molecule has 0 radical (unpaired) electrons. The van der Waals surface area contributed by atoms with Crippen LogP contribution in [0.5, 0.6) is 5.75 Å².